The van der Waals surface area contributed by atoms with Crippen molar-refractivity contribution in [3.05, 3.63) is 68.3 Å². The molecule has 0 fully saturated rings. The van der Waals surface area contributed by atoms with Crippen LogP contribution < -0.4 is 9.61 Å². The van der Waals surface area contributed by atoms with Crippen LogP contribution in [0, 0.1) is 10.1 Å². The number of nitro groups is 1. The van der Waals surface area contributed by atoms with Gasteiger partial charge in [-0.05, 0) is 24.3 Å². The average molecular weight is 348 g/mol. The van der Waals surface area contributed by atoms with E-state index in [0.29, 0.717) is 5.52 Å². The van der Waals surface area contributed by atoms with Gasteiger partial charge in [0.1, 0.15) is 12.3 Å². The first-order chi connectivity index (χ1) is 11.0. The molecule has 0 spiro atoms. The number of para-hydroxylation sites is 1. The van der Waals surface area contributed by atoms with Crippen molar-refractivity contribution in [2.75, 3.05) is 0 Å². The first kappa shape index (κ1) is 17.3. The number of fused-ring (bicyclic) bond motifs is 1. The van der Waals surface area contributed by atoms with Gasteiger partial charge in [-0.25, -0.2) is 4.79 Å². The number of hydrogen-bond acceptors (Lipinski definition) is 6. The summed E-state index contributed by atoms with van der Waals surface area (Å²) < 4.78 is 7.24. The molecule has 0 bridgehead atoms. The van der Waals surface area contributed by atoms with Crippen LogP contribution in [0.25, 0.3) is 10.2 Å². The summed E-state index contributed by atoms with van der Waals surface area (Å²) in [7, 11) is 0. The molecule has 0 aliphatic rings. The zero-order chi connectivity index (χ0) is 16.4. The fourth-order valence-electron chi connectivity index (χ4n) is 2.09. The molecule has 2 N–H and O–H groups in total. The molecule has 1 heterocycles. The number of nitro benzene ring substituents is 1. The molecule has 0 unspecified atom stereocenters. The lowest BCUT2D eigenvalue weighted by Gasteiger charge is -2.05. The van der Waals surface area contributed by atoms with Crippen LogP contribution in [0.4, 0.5) is 5.69 Å². The number of rotatable bonds is 4. The van der Waals surface area contributed by atoms with Crippen molar-refractivity contribution >= 4 is 33.2 Å². The Balaban J connectivity index is 0.00000208. The molecule has 0 amide bonds. The maximum absolute atomic E-state index is 12.0. The molecule has 24 heavy (non-hydrogen) atoms. The van der Waals surface area contributed by atoms with Gasteiger partial charge in [0.2, 0.25) is 0 Å². The summed E-state index contributed by atoms with van der Waals surface area (Å²) in [6.07, 6.45) is 0. The van der Waals surface area contributed by atoms with Crippen LogP contribution in [-0.2, 0) is 11.3 Å². The Morgan fingerprint density at radius 3 is 2.50 bits per heavy atom. The summed E-state index contributed by atoms with van der Waals surface area (Å²) in [5.74, 6) is -0.433. The smallest absolute Gasteiger partial charge is 0.331 e. The van der Waals surface area contributed by atoms with E-state index in [1.54, 1.807) is 18.2 Å². The number of ether oxygens (including phenoxy) is 1. The third-order valence-electron chi connectivity index (χ3n) is 3.14. The lowest BCUT2D eigenvalue weighted by molar-refractivity contribution is -0.384. The second kappa shape index (κ2) is 7.02. The zero-order valence-corrected chi connectivity index (χ0v) is 13.0. The minimum Gasteiger partial charge on any atom is -0.425 e. The SMILES string of the molecule is O.O=C(Cn1c(=O)sc2ccccc21)Oc1ccc([N+](=O)[O-])cc1. The lowest BCUT2D eigenvalue weighted by atomic mass is 10.3. The van der Waals surface area contributed by atoms with Crippen molar-refractivity contribution in [3.8, 4) is 5.75 Å². The quantitative estimate of drug-likeness (QED) is 0.307. The van der Waals surface area contributed by atoms with Gasteiger partial charge in [-0.1, -0.05) is 23.5 Å². The summed E-state index contributed by atoms with van der Waals surface area (Å²) in [5, 5.41) is 10.6. The molecule has 2 aromatic carbocycles. The Bertz CT molecular complexity index is 945. The number of non-ortho nitro benzene ring substituents is 1. The summed E-state index contributed by atoms with van der Waals surface area (Å²) >= 11 is 1.06. The van der Waals surface area contributed by atoms with E-state index in [1.165, 1.54) is 28.8 Å². The third-order valence-corrected chi connectivity index (χ3v) is 4.10. The van der Waals surface area contributed by atoms with Crippen LogP contribution in [0.3, 0.4) is 0 Å². The number of esters is 1. The number of carbonyl (C=O) groups is 1. The Kier molecular flexibility index (Phi) is 5.07. The second-order valence-corrected chi connectivity index (χ2v) is 5.64. The molecule has 124 valence electrons. The molecule has 9 heteroatoms. The Morgan fingerprint density at radius 1 is 1.17 bits per heavy atom. The van der Waals surface area contributed by atoms with E-state index in [9.17, 15) is 19.7 Å². The number of nitrogens with zero attached hydrogens (tertiary/aromatic N) is 2. The van der Waals surface area contributed by atoms with Crippen molar-refractivity contribution in [2.45, 2.75) is 6.54 Å². The van der Waals surface area contributed by atoms with E-state index in [2.05, 4.69) is 0 Å². The van der Waals surface area contributed by atoms with Crippen molar-refractivity contribution < 1.29 is 19.9 Å². The number of aromatic nitrogens is 1. The van der Waals surface area contributed by atoms with Gasteiger partial charge >= 0.3 is 10.8 Å². The van der Waals surface area contributed by atoms with Gasteiger partial charge in [0, 0.05) is 12.1 Å². The minimum absolute atomic E-state index is 0. The predicted octanol–water partition coefficient (Wildman–Crippen LogP) is 1.75. The van der Waals surface area contributed by atoms with Gasteiger partial charge in [0.25, 0.3) is 5.69 Å². The van der Waals surface area contributed by atoms with E-state index in [0.717, 1.165) is 16.0 Å². The maximum atomic E-state index is 12.0. The van der Waals surface area contributed by atoms with Crippen LogP contribution in [0.2, 0.25) is 0 Å². The van der Waals surface area contributed by atoms with Gasteiger partial charge in [-0.3, -0.25) is 19.5 Å². The maximum Gasteiger partial charge on any atom is 0.331 e. The highest BCUT2D eigenvalue weighted by Crippen LogP contribution is 2.19. The standard InChI is InChI=1S/C15H10N2O5S.H2O/c18-14(22-11-7-5-10(6-8-11)17(20)21)9-16-12-3-1-2-4-13(12)23-15(16)19;/h1-8H,9H2;1H2. The van der Waals surface area contributed by atoms with Gasteiger partial charge in [-0.2, -0.15) is 0 Å². The molecule has 3 rings (SSSR count). The van der Waals surface area contributed by atoms with E-state index >= 15 is 0 Å². The highest BCUT2D eigenvalue weighted by Gasteiger charge is 2.13. The van der Waals surface area contributed by atoms with Gasteiger partial charge in [-0.15, -0.1) is 0 Å². The number of thiazole rings is 1. The van der Waals surface area contributed by atoms with Crippen LogP contribution in [0.15, 0.2) is 53.3 Å². The van der Waals surface area contributed by atoms with Crippen LogP contribution in [0.5, 0.6) is 5.75 Å². The Hall–Kier alpha value is -3.04. The van der Waals surface area contributed by atoms with E-state index in [4.69, 9.17) is 4.74 Å². The highest BCUT2D eigenvalue weighted by atomic mass is 32.1. The highest BCUT2D eigenvalue weighted by molar-refractivity contribution is 7.16. The van der Waals surface area contributed by atoms with Crippen molar-refractivity contribution in [1.29, 1.82) is 0 Å². The molecule has 0 radical (unpaired) electrons. The van der Waals surface area contributed by atoms with Crippen LogP contribution in [0.1, 0.15) is 0 Å². The van der Waals surface area contributed by atoms with E-state index < -0.39 is 10.9 Å². The molecule has 0 atom stereocenters. The molecule has 3 aromatic rings. The van der Waals surface area contributed by atoms with Crippen LogP contribution >= 0.6 is 11.3 Å². The first-order valence-electron chi connectivity index (χ1n) is 6.58. The summed E-state index contributed by atoms with van der Waals surface area (Å²) in [6, 6.07) is 12.3. The monoisotopic (exact) mass is 348 g/mol. The normalized spacial score (nSPS) is 10.2. The van der Waals surface area contributed by atoms with E-state index in [1.807, 2.05) is 6.07 Å². The number of carbonyl (C=O) groups excluding carboxylic acids is 1. The molecule has 0 saturated heterocycles. The Morgan fingerprint density at radius 2 is 1.83 bits per heavy atom. The molecule has 0 saturated carbocycles. The predicted molar refractivity (Wildman–Crippen MR) is 88.4 cm³/mol. The molecular weight excluding hydrogens is 336 g/mol. The fourth-order valence-corrected chi connectivity index (χ4v) is 2.98. The van der Waals surface area contributed by atoms with Gasteiger partial charge in [0.05, 0.1) is 15.1 Å². The third kappa shape index (κ3) is 3.47. The average Bonchev–Trinajstić information content (AvgIpc) is 2.84. The van der Waals surface area contributed by atoms with Crippen molar-refractivity contribution in [1.82, 2.24) is 4.57 Å². The second-order valence-electron chi connectivity index (χ2n) is 4.65. The van der Waals surface area contributed by atoms with Gasteiger partial charge in [0.15, 0.2) is 0 Å². The molecule has 1 aromatic heterocycles. The summed E-state index contributed by atoms with van der Waals surface area (Å²) in [5.41, 5.74) is 0.577. The van der Waals surface area contributed by atoms with E-state index in [-0.39, 0.29) is 28.3 Å². The van der Waals surface area contributed by atoms with Crippen molar-refractivity contribution in [3.63, 3.8) is 0 Å². The largest absolute Gasteiger partial charge is 0.425 e. The first-order valence-corrected chi connectivity index (χ1v) is 7.40. The van der Waals surface area contributed by atoms with Crippen molar-refractivity contribution in [2.24, 2.45) is 0 Å². The minimum atomic E-state index is -0.621. The summed E-state index contributed by atoms with van der Waals surface area (Å²) in [4.78, 5) is 33.7. The summed E-state index contributed by atoms with van der Waals surface area (Å²) in [6.45, 7) is -0.222. The number of hydrogen-bond donors (Lipinski definition) is 0. The zero-order valence-electron chi connectivity index (χ0n) is 12.2. The molecule has 0 aliphatic carbocycles. The molecule has 0 aliphatic heterocycles. The number of benzene rings is 2. The molecular formula is C15H12N2O6S. The lowest BCUT2D eigenvalue weighted by Crippen LogP contribution is -2.22. The Labute approximate surface area is 139 Å². The fraction of sp³-hybridized carbons (Fsp3) is 0.0667. The topological polar surface area (TPSA) is 123 Å². The van der Waals surface area contributed by atoms with Gasteiger partial charge < -0.3 is 10.2 Å². The van der Waals surface area contributed by atoms with Crippen LogP contribution in [-0.4, -0.2) is 20.9 Å². The molecule has 8 nitrogen and oxygen atoms in total.